The fraction of sp³-hybridized carbons (Fsp3) is 0.926. The predicted octanol–water partition coefficient (Wildman–Crippen LogP) is -3.54. The van der Waals surface area contributed by atoms with Crippen molar-refractivity contribution in [3.63, 3.8) is 0 Å². The van der Waals surface area contributed by atoms with E-state index in [1.807, 2.05) is 0 Å². The third-order valence-corrected chi connectivity index (χ3v) is 21.5. The fourth-order valence-electron chi connectivity index (χ4n) is 16.2. The minimum atomic E-state index is -2.03. The first-order valence-electron chi connectivity index (χ1n) is 28.0. The molecule has 0 spiro atoms. The highest BCUT2D eigenvalue weighted by atomic mass is 16.8. The number of esters is 2. The highest BCUT2D eigenvalue weighted by Crippen LogP contribution is 2.76. The van der Waals surface area contributed by atoms with E-state index in [9.17, 15) is 81.4 Å². The molecule has 0 radical (unpaired) electrons. The van der Waals surface area contributed by atoms with E-state index in [4.69, 9.17) is 37.9 Å². The second-order valence-electron chi connectivity index (χ2n) is 26.1. The fourth-order valence-corrected chi connectivity index (χ4v) is 16.2. The smallest absolute Gasteiger partial charge is 0.317 e. The van der Waals surface area contributed by atoms with Gasteiger partial charge in [-0.2, -0.15) is 0 Å². The number of ether oxygens (including phenoxy) is 8. The summed E-state index contributed by atoms with van der Waals surface area (Å²) in [5.41, 5.74) is -3.34. The summed E-state index contributed by atoms with van der Waals surface area (Å²) in [6.07, 6.45) is -29.1. The highest BCUT2D eigenvalue weighted by molar-refractivity contribution is 5.79. The summed E-state index contributed by atoms with van der Waals surface area (Å²) in [4.78, 5) is 30.0. The summed E-state index contributed by atoms with van der Waals surface area (Å²) in [7, 11) is 0. The van der Waals surface area contributed by atoms with Crippen molar-refractivity contribution in [2.45, 2.75) is 235 Å². The van der Waals surface area contributed by atoms with Gasteiger partial charge in [-0.15, -0.1) is 0 Å². The number of hydrogen-bond donors (Lipinski definition) is 15. The Balaban J connectivity index is 0.991. The standard InChI is InChI=1S/C54H86O25/c1-49(2)13-15-54(48(71)79-46-41(69)42(77-44-39(67)36(64)32(60)25(19-56)74-44)34(62)27(76-46)21-72-43-38(66)35(63)31(59)24(18-55)73-43)16-14-51(4)22(23(54)17-49)7-8-28-50(3)11-10-30(58)53(6,29(50)9-12-52(28,51)5)47(70)78-45-40(68)37(65)33(61)26(20-57)75-45/h7,23-46,55-69H,8-21H2,1-6H3/t23-,24-,25-,26-,27-,28-,29-,30+,31+,32-,33+,34+,35+,36+,37+,38-,39-,40-,41-,42+,43-,44+,45+,46+,50-,51-,52-,53+,54+/m1/s1. The topological polar surface area (TPSA) is 411 Å². The summed E-state index contributed by atoms with van der Waals surface area (Å²) in [6, 6.07) is 0. The van der Waals surface area contributed by atoms with Crippen molar-refractivity contribution in [3.05, 3.63) is 11.6 Å². The van der Waals surface area contributed by atoms with Crippen LogP contribution >= 0.6 is 0 Å². The van der Waals surface area contributed by atoms with Crippen LogP contribution in [-0.4, -0.2) is 244 Å². The molecule has 25 nitrogen and oxygen atoms in total. The van der Waals surface area contributed by atoms with Gasteiger partial charge in [0.2, 0.25) is 12.6 Å². The monoisotopic (exact) mass is 1130 g/mol. The Morgan fingerprint density at radius 2 is 1.04 bits per heavy atom. The van der Waals surface area contributed by atoms with Crippen molar-refractivity contribution in [1.82, 2.24) is 0 Å². The van der Waals surface area contributed by atoms with Crippen LogP contribution in [0.3, 0.4) is 0 Å². The van der Waals surface area contributed by atoms with Crippen LogP contribution in [0.5, 0.6) is 0 Å². The summed E-state index contributed by atoms with van der Waals surface area (Å²) in [5.74, 6) is -2.42. The Labute approximate surface area is 457 Å². The van der Waals surface area contributed by atoms with Crippen LogP contribution in [0.15, 0.2) is 11.6 Å². The van der Waals surface area contributed by atoms with E-state index in [2.05, 4.69) is 40.7 Å². The first kappa shape index (κ1) is 61.4. The van der Waals surface area contributed by atoms with E-state index in [1.165, 1.54) is 0 Å². The van der Waals surface area contributed by atoms with E-state index in [0.29, 0.717) is 57.8 Å². The number of hydrogen-bond acceptors (Lipinski definition) is 25. The SMILES string of the molecule is CC1(C)CC[C@]2(C(=O)O[C@@H]3O[C@H](CO[C@@H]4O[C@H](CO)[C@H](O)[C@H](O)[C@H]4O)[C@H](O)[C@H](O[C@@H]4O[C@H](CO)[C@@H](O)[C@H](O)[C@H]4O)[C@H]3O)CC[C@]3(C)C(=CC[C@@H]4[C@@]5(C)CC[C@H](O)[C@@](C)(C(=O)O[C@@H]6O[C@H](CO)[C@H](O)[C@H](O)[C@H]6O)[C@@H]5CC[C@]43C)[C@H]2C1. The molecule has 4 saturated carbocycles. The largest absolute Gasteiger partial charge is 0.432 e. The summed E-state index contributed by atoms with van der Waals surface area (Å²) >= 11 is 0. The van der Waals surface area contributed by atoms with Gasteiger partial charge in [-0.3, -0.25) is 9.59 Å². The van der Waals surface area contributed by atoms with Gasteiger partial charge in [0.1, 0.15) is 97.7 Å². The lowest BCUT2D eigenvalue weighted by Gasteiger charge is -2.71. The maximum Gasteiger partial charge on any atom is 0.317 e. The predicted molar refractivity (Wildman–Crippen MR) is 264 cm³/mol. The van der Waals surface area contributed by atoms with Gasteiger partial charge in [0.05, 0.1) is 43.4 Å². The molecule has 0 amide bonds. The van der Waals surface area contributed by atoms with Gasteiger partial charge in [0.15, 0.2) is 12.6 Å². The maximum absolute atomic E-state index is 15.5. The van der Waals surface area contributed by atoms with Gasteiger partial charge in [-0.05, 0) is 111 Å². The first-order valence-corrected chi connectivity index (χ1v) is 28.0. The average Bonchev–Trinajstić information content (AvgIpc) is 3.58. The quantitative estimate of drug-likeness (QED) is 0.0665. The molecular formula is C54H86O25. The average molecular weight is 1140 g/mol. The van der Waals surface area contributed by atoms with Crippen LogP contribution in [0.2, 0.25) is 0 Å². The maximum atomic E-state index is 15.5. The van der Waals surface area contributed by atoms with Crippen molar-refractivity contribution in [2.24, 2.45) is 50.2 Å². The van der Waals surface area contributed by atoms with Crippen LogP contribution in [0.25, 0.3) is 0 Å². The molecule has 452 valence electrons. The zero-order valence-electron chi connectivity index (χ0n) is 45.6. The first-order chi connectivity index (χ1) is 37.0. The summed E-state index contributed by atoms with van der Waals surface area (Å²) in [5, 5.41) is 160. The van der Waals surface area contributed by atoms with Gasteiger partial charge in [0, 0.05) is 0 Å². The lowest BCUT2D eigenvalue weighted by Crippen LogP contribution is -2.67. The molecule has 0 unspecified atom stereocenters. The highest BCUT2D eigenvalue weighted by Gasteiger charge is 2.72. The number of allylic oxidation sites excluding steroid dienone is 2. The van der Waals surface area contributed by atoms with E-state index in [-0.39, 0.29) is 17.8 Å². The zero-order valence-corrected chi connectivity index (χ0v) is 45.6. The molecule has 29 atom stereocenters. The molecular weight excluding hydrogens is 1050 g/mol. The van der Waals surface area contributed by atoms with Crippen molar-refractivity contribution in [1.29, 1.82) is 0 Å². The van der Waals surface area contributed by atoms with E-state index >= 15 is 4.79 Å². The number of carbonyl (C=O) groups excluding carboxylic acids is 2. The van der Waals surface area contributed by atoms with Gasteiger partial charge >= 0.3 is 11.9 Å². The summed E-state index contributed by atoms with van der Waals surface area (Å²) < 4.78 is 46.5. The molecule has 0 aromatic carbocycles. The number of rotatable bonds is 12. The van der Waals surface area contributed by atoms with Gasteiger partial charge in [-0.1, -0.05) is 46.3 Å². The Bertz CT molecular complexity index is 2220. The van der Waals surface area contributed by atoms with Crippen LogP contribution in [0.4, 0.5) is 0 Å². The zero-order chi connectivity index (χ0) is 57.9. The molecule has 0 bridgehead atoms. The Morgan fingerprint density at radius 1 is 0.532 bits per heavy atom. The van der Waals surface area contributed by atoms with Crippen LogP contribution in [-0.2, 0) is 47.5 Å². The van der Waals surface area contributed by atoms with Crippen molar-refractivity contribution >= 4 is 11.9 Å². The Kier molecular flexibility index (Phi) is 17.4. The van der Waals surface area contributed by atoms with Gasteiger partial charge < -0.3 is 114 Å². The minimum absolute atomic E-state index is 0.0459. The molecule has 79 heavy (non-hydrogen) atoms. The molecule has 15 N–H and O–H groups in total. The Morgan fingerprint density at radius 3 is 1.63 bits per heavy atom. The molecule has 4 heterocycles. The second-order valence-corrected chi connectivity index (χ2v) is 26.1. The number of aliphatic hydroxyl groups excluding tert-OH is 15. The minimum Gasteiger partial charge on any atom is -0.432 e. The van der Waals surface area contributed by atoms with Crippen LogP contribution < -0.4 is 0 Å². The molecule has 0 aromatic rings. The third-order valence-electron chi connectivity index (χ3n) is 21.5. The second kappa shape index (κ2) is 22.4. The van der Waals surface area contributed by atoms with Crippen molar-refractivity contribution in [2.75, 3.05) is 26.4 Å². The van der Waals surface area contributed by atoms with Crippen LogP contribution in [0.1, 0.15) is 106 Å². The molecule has 4 saturated heterocycles. The van der Waals surface area contributed by atoms with E-state index in [0.717, 1.165) is 5.57 Å². The number of fused-ring (bicyclic) bond motifs is 7. The van der Waals surface area contributed by atoms with Crippen molar-refractivity contribution < 1.29 is 124 Å². The number of carbonyl (C=O) groups is 2. The molecule has 8 fully saturated rings. The normalized spacial score (nSPS) is 53.5. The van der Waals surface area contributed by atoms with Gasteiger partial charge in [-0.25, -0.2) is 0 Å². The Hall–Kier alpha value is -2.16. The lowest BCUT2D eigenvalue weighted by atomic mass is 9.33. The lowest BCUT2D eigenvalue weighted by molar-refractivity contribution is -0.363. The van der Waals surface area contributed by atoms with Crippen LogP contribution in [0, 0.1) is 50.2 Å². The summed E-state index contributed by atoms with van der Waals surface area (Å²) in [6.45, 7) is 9.58. The van der Waals surface area contributed by atoms with Crippen molar-refractivity contribution in [3.8, 4) is 0 Å². The third kappa shape index (κ3) is 9.95. The number of aliphatic hydroxyl groups is 15. The molecule has 9 aliphatic rings. The van der Waals surface area contributed by atoms with Gasteiger partial charge in [0.25, 0.3) is 0 Å². The molecule has 25 heteroatoms. The molecule has 4 aliphatic heterocycles. The van der Waals surface area contributed by atoms with E-state index < -0.39 is 206 Å². The molecule has 9 rings (SSSR count). The molecule has 5 aliphatic carbocycles. The van der Waals surface area contributed by atoms with E-state index in [1.54, 1.807) is 6.92 Å². The molecule has 0 aromatic heterocycles.